The van der Waals surface area contributed by atoms with Crippen molar-refractivity contribution in [3.8, 4) is 0 Å². The van der Waals surface area contributed by atoms with Crippen molar-refractivity contribution in [2.75, 3.05) is 6.54 Å². The number of amidine groups is 1. The highest BCUT2D eigenvalue weighted by Crippen LogP contribution is 2.04. The number of carbonyl (C=O) groups excluding carboxylic acids is 1. The Kier molecular flexibility index (Phi) is 7.27. The van der Waals surface area contributed by atoms with Crippen LogP contribution in [0, 0.1) is 0 Å². The van der Waals surface area contributed by atoms with Gasteiger partial charge in [-0.2, -0.15) is 0 Å². The molecule has 0 aromatic carbocycles. The number of nitrogens with two attached hydrogens (primary N) is 3. The molecular formula is C10H20N4O. The number of nitrogens with zero attached hydrogens (tertiary/aromatic N) is 1. The standard InChI is InChI=1S/C10H20N4O/c1-2-5-9(12)14-8(10(13)15)6-3-4-7-11/h2,8H,1,3-7,11H2,(H2,12,14)(H2,13,15)/t8-/m0/s1. The van der Waals surface area contributed by atoms with Gasteiger partial charge in [-0.1, -0.05) is 6.08 Å². The van der Waals surface area contributed by atoms with Gasteiger partial charge in [0.15, 0.2) is 0 Å². The number of rotatable bonds is 8. The van der Waals surface area contributed by atoms with E-state index in [2.05, 4.69) is 11.6 Å². The zero-order chi connectivity index (χ0) is 11.7. The fraction of sp³-hybridized carbons (Fsp3) is 0.600. The van der Waals surface area contributed by atoms with Gasteiger partial charge in [-0.3, -0.25) is 9.79 Å². The van der Waals surface area contributed by atoms with Crippen LogP contribution in [0.15, 0.2) is 17.6 Å². The molecule has 86 valence electrons. The first kappa shape index (κ1) is 13.6. The Balaban J connectivity index is 4.20. The van der Waals surface area contributed by atoms with E-state index in [0.717, 1.165) is 12.8 Å². The number of primary amides is 1. The number of hydrogen-bond donors (Lipinski definition) is 3. The molecule has 0 unspecified atom stereocenters. The Morgan fingerprint density at radius 2 is 2.07 bits per heavy atom. The number of unbranched alkanes of at least 4 members (excludes halogenated alkanes) is 1. The van der Waals surface area contributed by atoms with Crippen LogP contribution in [0.4, 0.5) is 0 Å². The van der Waals surface area contributed by atoms with Gasteiger partial charge in [0.05, 0.1) is 5.84 Å². The molecule has 0 saturated heterocycles. The fourth-order valence-corrected chi connectivity index (χ4v) is 1.15. The predicted octanol–water partition coefficient (Wildman–Crippen LogP) is -0.0974. The normalized spacial score (nSPS) is 13.5. The van der Waals surface area contributed by atoms with Crippen LogP contribution in [0.2, 0.25) is 0 Å². The first-order valence-corrected chi connectivity index (χ1v) is 5.04. The van der Waals surface area contributed by atoms with Crippen LogP contribution in [0.3, 0.4) is 0 Å². The van der Waals surface area contributed by atoms with E-state index in [4.69, 9.17) is 17.2 Å². The molecule has 1 amide bonds. The summed E-state index contributed by atoms with van der Waals surface area (Å²) in [5.41, 5.74) is 16.1. The highest BCUT2D eigenvalue weighted by Gasteiger charge is 2.13. The molecule has 1 atom stereocenters. The van der Waals surface area contributed by atoms with E-state index < -0.39 is 11.9 Å². The quantitative estimate of drug-likeness (QED) is 0.226. The largest absolute Gasteiger partial charge is 0.387 e. The molecule has 0 aliphatic rings. The summed E-state index contributed by atoms with van der Waals surface area (Å²) in [6.45, 7) is 4.14. The molecule has 5 nitrogen and oxygen atoms in total. The van der Waals surface area contributed by atoms with Crippen LogP contribution < -0.4 is 17.2 Å². The number of hydrogen-bond acceptors (Lipinski definition) is 3. The second kappa shape index (κ2) is 7.99. The SMILES string of the molecule is C=CCC(N)=N[C@@H](CCCCN)C(N)=O. The van der Waals surface area contributed by atoms with Crippen LogP contribution in [0.25, 0.3) is 0 Å². The van der Waals surface area contributed by atoms with Crippen LogP contribution in [0.5, 0.6) is 0 Å². The van der Waals surface area contributed by atoms with Crippen molar-refractivity contribution in [1.29, 1.82) is 0 Å². The van der Waals surface area contributed by atoms with Gasteiger partial charge < -0.3 is 17.2 Å². The number of aliphatic imine (C=N–C) groups is 1. The molecule has 6 N–H and O–H groups in total. The third kappa shape index (κ3) is 6.68. The molecule has 0 radical (unpaired) electrons. The average molecular weight is 212 g/mol. The van der Waals surface area contributed by atoms with E-state index in [-0.39, 0.29) is 0 Å². The van der Waals surface area contributed by atoms with Crippen molar-refractivity contribution >= 4 is 11.7 Å². The molecule has 0 fully saturated rings. The van der Waals surface area contributed by atoms with Crippen molar-refractivity contribution in [1.82, 2.24) is 0 Å². The first-order valence-electron chi connectivity index (χ1n) is 5.04. The molecule has 0 saturated carbocycles. The second-order valence-electron chi connectivity index (χ2n) is 3.32. The van der Waals surface area contributed by atoms with Gasteiger partial charge in [-0.25, -0.2) is 0 Å². The van der Waals surface area contributed by atoms with Crippen molar-refractivity contribution < 1.29 is 4.79 Å². The minimum Gasteiger partial charge on any atom is -0.387 e. The summed E-state index contributed by atoms with van der Waals surface area (Å²) in [5, 5.41) is 0. The van der Waals surface area contributed by atoms with Gasteiger partial charge in [-0.05, 0) is 25.8 Å². The van der Waals surface area contributed by atoms with Crippen molar-refractivity contribution in [2.24, 2.45) is 22.2 Å². The lowest BCUT2D eigenvalue weighted by atomic mass is 10.1. The molecule has 0 aromatic heterocycles. The summed E-state index contributed by atoms with van der Waals surface area (Å²) < 4.78 is 0. The van der Waals surface area contributed by atoms with Crippen molar-refractivity contribution in [2.45, 2.75) is 31.7 Å². The van der Waals surface area contributed by atoms with Crippen molar-refractivity contribution in [3.05, 3.63) is 12.7 Å². The van der Waals surface area contributed by atoms with Crippen LogP contribution in [-0.4, -0.2) is 24.3 Å². The average Bonchev–Trinajstić information content (AvgIpc) is 2.16. The van der Waals surface area contributed by atoms with E-state index in [1.807, 2.05) is 0 Å². The topological polar surface area (TPSA) is 107 Å². The van der Waals surface area contributed by atoms with Crippen LogP contribution >= 0.6 is 0 Å². The highest BCUT2D eigenvalue weighted by molar-refractivity contribution is 5.87. The molecule has 0 aliphatic heterocycles. The van der Waals surface area contributed by atoms with E-state index in [1.54, 1.807) is 6.08 Å². The molecule has 0 spiro atoms. The summed E-state index contributed by atoms with van der Waals surface area (Å²) in [6.07, 6.45) is 4.40. The maximum Gasteiger partial charge on any atom is 0.242 e. The van der Waals surface area contributed by atoms with Gasteiger partial charge in [0.25, 0.3) is 0 Å². The lowest BCUT2D eigenvalue weighted by Gasteiger charge is -2.09. The molecule has 5 heteroatoms. The predicted molar refractivity (Wildman–Crippen MR) is 62.3 cm³/mol. The van der Waals surface area contributed by atoms with Crippen LogP contribution in [-0.2, 0) is 4.79 Å². The number of carbonyl (C=O) groups is 1. The van der Waals surface area contributed by atoms with E-state index in [0.29, 0.717) is 25.2 Å². The van der Waals surface area contributed by atoms with E-state index in [1.165, 1.54) is 0 Å². The number of amides is 1. The van der Waals surface area contributed by atoms with Gasteiger partial charge in [0.1, 0.15) is 6.04 Å². The second-order valence-corrected chi connectivity index (χ2v) is 3.32. The summed E-state index contributed by atoms with van der Waals surface area (Å²) in [5.74, 6) is -0.0550. The van der Waals surface area contributed by atoms with Crippen LogP contribution in [0.1, 0.15) is 25.7 Å². The zero-order valence-corrected chi connectivity index (χ0v) is 8.98. The van der Waals surface area contributed by atoms with Gasteiger partial charge in [0.2, 0.25) is 5.91 Å². The maximum absolute atomic E-state index is 11.0. The summed E-state index contributed by atoms with van der Waals surface area (Å²) >= 11 is 0. The summed E-state index contributed by atoms with van der Waals surface area (Å²) in [4.78, 5) is 15.1. The monoisotopic (exact) mass is 212 g/mol. The minimum absolute atomic E-state index is 0.390. The first-order chi connectivity index (χ1) is 7.11. The molecule has 0 heterocycles. The third-order valence-electron chi connectivity index (χ3n) is 1.94. The molecule has 0 bridgehead atoms. The summed E-state index contributed by atoms with van der Waals surface area (Å²) in [6, 6.07) is -0.531. The Labute approximate surface area is 90.4 Å². The molecule has 0 rings (SSSR count). The van der Waals surface area contributed by atoms with Gasteiger partial charge in [0, 0.05) is 6.42 Å². The minimum atomic E-state index is -0.531. The third-order valence-corrected chi connectivity index (χ3v) is 1.94. The fourth-order valence-electron chi connectivity index (χ4n) is 1.15. The molecule has 0 aromatic rings. The highest BCUT2D eigenvalue weighted by atomic mass is 16.1. The summed E-state index contributed by atoms with van der Waals surface area (Å²) in [7, 11) is 0. The van der Waals surface area contributed by atoms with E-state index in [9.17, 15) is 4.79 Å². The zero-order valence-electron chi connectivity index (χ0n) is 8.98. The van der Waals surface area contributed by atoms with E-state index >= 15 is 0 Å². The smallest absolute Gasteiger partial charge is 0.242 e. The Morgan fingerprint density at radius 1 is 1.40 bits per heavy atom. The lowest BCUT2D eigenvalue weighted by Crippen LogP contribution is -2.29. The van der Waals surface area contributed by atoms with Gasteiger partial charge in [-0.15, -0.1) is 6.58 Å². The molecule has 15 heavy (non-hydrogen) atoms. The Bertz CT molecular complexity index is 238. The van der Waals surface area contributed by atoms with Crippen molar-refractivity contribution in [3.63, 3.8) is 0 Å². The Morgan fingerprint density at radius 3 is 2.53 bits per heavy atom. The molecular weight excluding hydrogens is 192 g/mol. The Hall–Kier alpha value is -1.36. The van der Waals surface area contributed by atoms with Gasteiger partial charge >= 0.3 is 0 Å². The lowest BCUT2D eigenvalue weighted by molar-refractivity contribution is -0.119. The maximum atomic E-state index is 11.0. The molecule has 0 aliphatic carbocycles.